The minimum atomic E-state index is -9.75. The predicted octanol–water partition coefficient (Wildman–Crippen LogP) is 6.35. The number of hydrogen-bond acceptors (Lipinski definition) is 3. The molecule has 0 N–H and O–H groups in total. The molecule has 1 heterocycles. The van der Waals surface area contributed by atoms with E-state index in [2.05, 4.69) is 21.0 Å². The van der Waals surface area contributed by atoms with E-state index in [1.165, 1.54) is 22.9 Å². The Kier molecular flexibility index (Phi) is 3.31. The first-order valence-electron chi connectivity index (χ1n) is 6.43. The molecular formula is C13H7BrF5N3O2S. The summed E-state index contributed by atoms with van der Waals surface area (Å²) in [4.78, 5) is 8.20. The second-order valence-electron chi connectivity index (χ2n) is 5.12. The monoisotopic (exact) mass is 443 g/mol. The summed E-state index contributed by atoms with van der Waals surface area (Å²) in [5, 5.41) is 15.2. The zero-order valence-electron chi connectivity index (χ0n) is 11.9. The van der Waals surface area contributed by atoms with Crippen LogP contribution in [0.3, 0.4) is 0 Å². The van der Waals surface area contributed by atoms with E-state index < -0.39 is 20.0 Å². The second-order valence-corrected chi connectivity index (χ2v) is 8.28. The molecule has 12 heteroatoms. The Hall–Kier alpha value is -2.21. The van der Waals surface area contributed by atoms with Gasteiger partial charge in [0, 0.05) is 17.5 Å². The van der Waals surface area contributed by atoms with Crippen molar-refractivity contribution in [3.63, 3.8) is 0 Å². The van der Waals surface area contributed by atoms with Crippen molar-refractivity contribution < 1.29 is 24.4 Å². The highest BCUT2D eigenvalue weighted by molar-refractivity contribution is 9.10. The SMILES string of the molecule is O=[N+]([O-])c1ccc2c(c1)c(Br)nn2-c1ccc(S(F)(F)(F)(F)F)cc1. The average Bonchev–Trinajstić information content (AvgIpc) is 2.82. The number of aromatic nitrogens is 2. The lowest BCUT2D eigenvalue weighted by Crippen LogP contribution is -2.06. The molecule has 0 unspecified atom stereocenters. The summed E-state index contributed by atoms with van der Waals surface area (Å²) in [5.41, 5.74) is 0.261. The molecule has 25 heavy (non-hydrogen) atoms. The minimum absolute atomic E-state index is 0.0927. The molecule has 5 nitrogen and oxygen atoms in total. The highest BCUT2D eigenvalue weighted by atomic mass is 79.9. The molecule has 0 bridgehead atoms. The minimum Gasteiger partial charge on any atom is -0.258 e. The van der Waals surface area contributed by atoms with Gasteiger partial charge in [0.05, 0.1) is 16.1 Å². The maximum absolute atomic E-state index is 12.8. The number of nitro benzene ring substituents is 1. The van der Waals surface area contributed by atoms with Gasteiger partial charge in [-0.15, -0.1) is 0 Å². The third kappa shape index (κ3) is 3.31. The molecule has 0 fully saturated rings. The topological polar surface area (TPSA) is 61.0 Å². The Bertz CT molecular complexity index is 1020. The molecule has 2 aromatic carbocycles. The van der Waals surface area contributed by atoms with Gasteiger partial charge in [0.25, 0.3) is 5.69 Å². The smallest absolute Gasteiger partial charge is 0.258 e. The van der Waals surface area contributed by atoms with Crippen LogP contribution in [0, 0.1) is 10.1 Å². The molecule has 0 spiro atoms. The van der Waals surface area contributed by atoms with Crippen molar-refractivity contribution in [3.8, 4) is 5.69 Å². The Balaban J connectivity index is 2.13. The van der Waals surface area contributed by atoms with Gasteiger partial charge in [-0.25, -0.2) is 4.68 Å². The van der Waals surface area contributed by atoms with Gasteiger partial charge in [0.2, 0.25) is 0 Å². The molecule has 1 aromatic heterocycles. The number of rotatable bonds is 3. The average molecular weight is 444 g/mol. The highest BCUT2D eigenvalue weighted by Gasteiger charge is 2.65. The van der Waals surface area contributed by atoms with E-state index in [9.17, 15) is 29.5 Å². The molecule has 0 aliphatic rings. The van der Waals surface area contributed by atoms with E-state index in [1.54, 1.807) is 0 Å². The highest BCUT2D eigenvalue weighted by Crippen LogP contribution is 3.02. The van der Waals surface area contributed by atoms with Gasteiger partial charge in [-0.1, -0.05) is 19.4 Å². The van der Waals surface area contributed by atoms with Crippen LogP contribution in [0.4, 0.5) is 25.1 Å². The summed E-state index contributed by atoms with van der Waals surface area (Å²) in [6, 6.07) is 6.08. The van der Waals surface area contributed by atoms with Gasteiger partial charge in [-0.3, -0.25) is 10.1 Å². The Labute approximate surface area is 145 Å². The number of hydrogen-bond donors (Lipinski definition) is 0. The Morgan fingerprint density at radius 1 is 1.04 bits per heavy atom. The summed E-state index contributed by atoms with van der Waals surface area (Å²) < 4.78 is 65.2. The molecule has 134 valence electrons. The van der Waals surface area contributed by atoms with Gasteiger partial charge < -0.3 is 0 Å². The van der Waals surface area contributed by atoms with Crippen LogP contribution in [-0.4, -0.2) is 14.7 Å². The summed E-state index contributed by atoms with van der Waals surface area (Å²) in [5.74, 6) is 0. The number of non-ortho nitro benzene ring substituents is 1. The Morgan fingerprint density at radius 3 is 2.16 bits per heavy atom. The molecule has 0 saturated carbocycles. The molecule has 0 saturated heterocycles. The number of benzene rings is 2. The van der Waals surface area contributed by atoms with Crippen LogP contribution < -0.4 is 0 Å². The van der Waals surface area contributed by atoms with Gasteiger partial charge in [-0.05, 0) is 46.3 Å². The van der Waals surface area contributed by atoms with E-state index >= 15 is 0 Å². The van der Waals surface area contributed by atoms with Crippen LogP contribution in [0.25, 0.3) is 16.6 Å². The quantitative estimate of drug-likeness (QED) is 0.269. The number of fused-ring (bicyclic) bond motifs is 1. The molecular weight excluding hydrogens is 437 g/mol. The first-order valence-corrected chi connectivity index (χ1v) is 9.18. The fraction of sp³-hybridized carbons (Fsp3) is 0. The van der Waals surface area contributed by atoms with E-state index in [1.807, 2.05) is 0 Å². The van der Waals surface area contributed by atoms with E-state index in [0.29, 0.717) is 10.9 Å². The molecule has 3 aromatic rings. The second kappa shape index (κ2) is 4.69. The van der Waals surface area contributed by atoms with Crippen LogP contribution in [0.2, 0.25) is 0 Å². The van der Waals surface area contributed by atoms with Gasteiger partial charge in [0.1, 0.15) is 9.50 Å². The predicted molar refractivity (Wildman–Crippen MR) is 86.8 cm³/mol. The third-order valence-electron chi connectivity index (χ3n) is 3.36. The molecule has 0 radical (unpaired) electrons. The standard InChI is InChI=1S/C13H7BrF5N3O2S/c14-13-11-7-9(22(23)24)3-6-12(11)21(20-13)8-1-4-10(5-2-8)25(15,16,17,18)19/h1-7H. The zero-order valence-corrected chi connectivity index (χ0v) is 14.3. The molecule has 0 atom stereocenters. The van der Waals surface area contributed by atoms with Crippen LogP contribution in [0.1, 0.15) is 0 Å². The fourth-order valence-corrected chi connectivity index (χ4v) is 3.35. The molecule has 0 amide bonds. The largest absolute Gasteiger partial charge is 0.310 e. The van der Waals surface area contributed by atoms with Crippen LogP contribution in [-0.2, 0) is 0 Å². The van der Waals surface area contributed by atoms with Crippen LogP contribution in [0.5, 0.6) is 0 Å². The summed E-state index contributed by atoms with van der Waals surface area (Å²) >= 11 is 3.11. The third-order valence-corrected chi connectivity index (χ3v) is 5.10. The van der Waals surface area contributed by atoms with E-state index in [0.717, 1.165) is 12.1 Å². The normalized spacial score (nSPS) is 15.0. The van der Waals surface area contributed by atoms with Crippen molar-refractivity contribution >= 4 is 42.7 Å². The summed E-state index contributed by atoms with van der Waals surface area (Å²) in [6.45, 7) is 0. The maximum Gasteiger partial charge on any atom is 0.310 e. The summed E-state index contributed by atoms with van der Waals surface area (Å²) in [6.07, 6.45) is 0. The van der Waals surface area contributed by atoms with Crippen molar-refractivity contribution in [1.29, 1.82) is 0 Å². The van der Waals surface area contributed by atoms with Crippen molar-refractivity contribution in [1.82, 2.24) is 9.78 Å². The van der Waals surface area contributed by atoms with Crippen LogP contribution in [0.15, 0.2) is 52.0 Å². The lowest BCUT2D eigenvalue weighted by molar-refractivity contribution is -0.384. The van der Waals surface area contributed by atoms with Crippen molar-refractivity contribution in [2.45, 2.75) is 4.90 Å². The van der Waals surface area contributed by atoms with Crippen molar-refractivity contribution in [2.75, 3.05) is 0 Å². The molecule has 3 rings (SSSR count). The maximum atomic E-state index is 12.8. The van der Waals surface area contributed by atoms with Gasteiger partial charge in [0.15, 0.2) is 0 Å². The van der Waals surface area contributed by atoms with Crippen molar-refractivity contribution in [2.24, 2.45) is 0 Å². The lowest BCUT2D eigenvalue weighted by Gasteiger charge is -2.40. The van der Waals surface area contributed by atoms with E-state index in [-0.39, 0.29) is 28.1 Å². The number of nitro groups is 1. The number of halogens is 6. The zero-order chi connectivity index (χ0) is 18.7. The Morgan fingerprint density at radius 2 is 1.64 bits per heavy atom. The molecule has 0 aliphatic heterocycles. The van der Waals surface area contributed by atoms with Crippen molar-refractivity contribution in [3.05, 3.63) is 57.2 Å². The lowest BCUT2D eigenvalue weighted by atomic mass is 10.2. The fourth-order valence-electron chi connectivity index (χ4n) is 2.22. The summed E-state index contributed by atoms with van der Waals surface area (Å²) in [7, 11) is -9.75. The first kappa shape index (κ1) is 17.6. The van der Waals surface area contributed by atoms with E-state index in [4.69, 9.17) is 0 Å². The number of nitrogens with zero attached hydrogens (tertiary/aromatic N) is 3. The van der Waals surface area contributed by atoms with Crippen LogP contribution >= 0.6 is 26.2 Å². The van der Waals surface area contributed by atoms with Gasteiger partial charge in [-0.2, -0.15) is 5.10 Å². The first-order chi connectivity index (χ1) is 11.3. The van der Waals surface area contributed by atoms with Gasteiger partial charge >= 0.3 is 10.2 Å². The molecule has 0 aliphatic carbocycles.